The molecule has 5 heteroatoms. The number of nitrogens with one attached hydrogen (secondary N) is 1. The molecule has 0 saturated carbocycles. The zero-order valence-corrected chi connectivity index (χ0v) is 17.7. The van der Waals surface area contributed by atoms with Crippen LogP contribution in [0.2, 0.25) is 0 Å². The van der Waals surface area contributed by atoms with Crippen LogP contribution in [0.1, 0.15) is 69.6 Å². The highest BCUT2D eigenvalue weighted by Gasteiger charge is 2.47. The summed E-state index contributed by atoms with van der Waals surface area (Å²) >= 11 is 0. The van der Waals surface area contributed by atoms with Crippen LogP contribution in [0, 0.1) is 6.92 Å². The molecule has 28 heavy (non-hydrogen) atoms. The number of hydrogen-bond acceptors (Lipinski definition) is 3. The van der Waals surface area contributed by atoms with E-state index < -0.39 is 5.60 Å². The third-order valence-electron chi connectivity index (χ3n) is 5.88. The Morgan fingerprint density at radius 2 is 1.89 bits per heavy atom. The van der Waals surface area contributed by atoms with Gasteiger partial charge in [0.05, 0.1) is 0 Å². The van der Waals surface area contributed by atoms with E-state index in [1.165, 1.54) is 23.6 Å². The molecule has 3 rings (SSSR count). The minimum Gasteiger partial charge on any atom is -0.444 e. The average Bonchev–Trinajstić information content (AvgIpc) is 2.87. The number of amides is 2. The summed E-state index contributed by atoms with van der Waals surface area (Å²) < 4.78 is 5.54. The van der Waals surface area contributed by atoms with E-state index in [1.54, 1.807) is 0 Å². The second-order valence-corrected chi connectivity index (χ2v) is 9.30. The molecule has 0 aromatic heterocycles. The van der Waals surface area contributed by atoms with Crippen LogP contribution < -0.4 is 5.32 Å². The van der Waals surface area contributed by atoms with Crippen LogP contribution in [0.15, 0.2) is 30.5 Å². The van der Waals surface area contributed by atoms with Gasteiger partial charge in [-0.25, -0.2) is 4.79 Å². The van der Waals surface area contributed by atoms with Crippen molar-refractivity contribution in [2.45, 2.75) is 70.8 Å². The summed E-state index contributed by atoms with van der Waals surface area (Å²) in [5.74, 6) is 0.0341. The minimum atomic E-state index is -0.481. The largest absolute Gasteiger partial charge is 0.444 e. The van der Waals surface area contributed by atoms with Gasteiger partial charge in [-0.05, 0) is 63.5 Å². The number of aryl methyl sites for hydroxylation is 1. The maximum absolute atomic E-state index is 12.4. The Bertz CT molecular complexity index is 799. The number of benzene rings is 1. The second-order valence-electron chi connectivity index (χ2n) is 9.30. The van der Waals surface area contributed by atoms with Crippen LogP contribution in [0.4, 0.5) is 4.79 Å². The van der Waals surface area contributed by atoms with E-state index in [0.717, 1.165) is 25.0 Å². The predicted molar refractivity (Wildman–Crippen MR) is 110 cm³/mol. The lowest BCUT2D eigenvalue weighted by Crippen LogP contribution is -2.46. The molecule has 1 aromatic rings. The first-order valence-electron chi connectivity index (χ1n) is 10.1. The van der Waals surface area contributed by atoms with E-state index in [9.17, 15) is 9.59 Å². The van der Waals surface area contributed by atoms with E-state index in [4.69, 9.17) is 4.74 Å². The Kier molecular flexibility index (Phi) is 5.30. The Balaban J connectivity index is 1.81. The molecule has 0 radical (unpaired) electrons. The van der Waals surface area contributed by atoms with Crippen molar-refractivity contribution in [3.8, 4) is 0 Å². The standard InChI is InChI=1S/C23H32N2O3/c1-15-7-8-20-18(13-15)19(16(2)24-17(3)26)14-23(20)9-11-25(12-10-23)21(27)28-22(4,5)6/h7-8,13,19H,2,9-12,14H2,1,3-6H3,(H,24,26). The van der Waals surface area contributed by atoms with Crippen molar-refractivity contribution in [2.75, 3.05) is 13.1 Å². The molecular weight excluding hydrogens is 352 g/mol. The van der Waals surface area contributed by atoms with Crippen LogP contribution in [0.25, 0.3) is 0 Å². The highest BCUT2D eigenvalue weighted by atomic mass is 16.6. The molecule has 1 saturated heterocycles. The summed E-state index contributed by atoms with van der Waals surface area (Å²) in [4.78, 5) is 25.8. The molecule has 5 nitrogen and oxygen atoms in total. The monoisotopic (exact) mass is 384 g/mol. The molecule has 1 aliphatic heterocycles. The Hall–Kier alpha value is -2.30. The first-order chi connectivity index (χ1) is 13.0. The van der Waals surface area contributed by atoms with Crippen LogP contribution in [0.3, 0.4) is 0 Å². The zero-order chi connectivity index (χ0) is 20.7. The summed E-state index contributed by atoms with van der Waals surface area (Å²) in [5.41, 5.74) is 4.13. The molecular formula is C23H32N2O3. The Morgan fingerprint density at radius 1 is 1.25 bits per heavy atom. The second kappa shape index (κ2) is 7.26. The fourth-order valence-electron chi connectivity index (χ4n) is 4.61. The quantitative estimate of drug-likeness (QED) is 0.822. The number of ether oxygens (including phenoxy) is 1. The molecule has 1 unspecified atom stereocenters. The zero-order valence-electron chi connectivity index (χ0n) is 17.7. The summed E-state index contributed by atoms with van der Waals surface area (Å²) in [5, 5.41) is 2.90. The number of carbonyl (C=O) groups excluding carboxylic acids is 2. The molecule has 2 amide bonds. The third-order valence-corrected chi connectivity index (χ3v) is 5.88. The van der Waals surface area contributed by atoms with E-state index in [2.05, 4.69) is 37.0 Å². The number of rotatable bonds is 2. The topological polar surface area (TPSA) is 58.6 Å². The van der Waals surface area contributed by atoms with Crippen LogP contribution in [-0.2, 0) is 14.9 Å². The Labute approximate surface area is 168 Å². The van der Waals surface area contributed by atoms with Gasteiger partial charge in [0.15, 0.2) is 0 Å². The normalized spacial score (nSPS) is 20.6. The molecule has 1 aromatic carbocycles. The first-order valence-corrected chi connectivity index (χ1v) is 10.1. The summed E-state index contributed by atoms with van der Waals surface area (Å²) in [6.45, 7) is 14.8. The molecule has 1 spiro atoms. The number of hydrogen-bond donors (Lipinski definition) is 1. The molecule has 152 valence electrons. The van der Waals surface area contributed by atoms with Crippen molar-refractivity contribution in [1.82, 2.24) is 10.2 Å². The van der Waals surface area contributed by atoms with E-state index in [1.807, 2.05) is 25.7 Å². The van der Waals surface area contributed by atoms with Gasteiger partial charge in [-0.3, -0.25) is 4.79 Å². The lowest BCUT2D eigenvalue weighted by Gasteiger charge is -2.40. The number of allylic oxidation sites excluding steroid dienone is 1. The van der Waals surface area contributed by atoms with E-state index in [-0.39, 0.29) is 23.3 Å². The van der Waals surface area contributed by atoms with Gasteiger partial charge in [0.25, 0.3) is 0 Å². The van der Waals surface area contributed by atoms with Crippen molar-refractivity contribution in [1.29, 1.82) is 0 Å². The van der Waals surface area contributed by atoms with Gasteiger partial charge in [0.2, 0.25) is 5.91 Å². The van der Waals surface area contributed by atoms with Crippen LogP contribution in [-0.4, -0.2) is 35.6 Å². The molecule has 1 heterocycles. The highest BCUT2D eigenvalue weighted by Crippen LogP contribution is 2.53. The molecule has 2 aliphatic rings. The lowest BCUT2D eigenvalue weighted by atomic mass is 9.73. The maximum Gasteiger partial charge on any atom is 0.410 e. The summed E-state index contributed by atoms with van der Waals surface area (Å²) in [6.07, 6.45) is 2.48. The van der Waals surface area contributed by atoms with Crippen molar-refractivity contribution in [3.63, 3.8) is 0 Å². The fourth-order valence-corrected chi connectivity index (χ4v) is 4.61. The number of likely N-dealkylation sites (tertiary alicyclic amines) is 1. The van der Waals surface area contributed by atoms with Crippen molar-refractivity contribution < 1.29 is 14.3 Å². The van der Waals surface area contributed by atoms with Gasteiger partial charge in [0, 0.05) is 31.6 Å². The smallest absolute Gasteiger partial charge is 0.410 e. The number of fused-ring (bicyclic) bond motifs is 2. The lowest BCUT2D eigenvalue weighted by molar-refractivity contribution is -0.118. The van der Waals surface area contributed by atoms with E-state index >= 15 is 0 Å². The average molecular weight is 385 g/mol. The molecule has 0 bridgehead atoms. The highest BCUT2D eigenvalue weighted by molar-refractivity contribution is 5.75. The van der Waals surface area contributed by atoms with Gasteiger partial charge in [0.1, 0.15) is 5.60 Å². The van der Waals surface area contributed by atoms with Gasteiger partial charge in [-0.15, -0.1) is 0 Å². The third kappa shape index (κ3) is 4.08. The van der Waals surface area contributed by atoms with Crippen LogP contribution >= 0.6 is 0 Å². The van der Waals surface area contributed by atoms with Crippen LogP contribution in [0.5, 0.6) is 0 Å². The summed E-state index contributed by atoms with van der Waals surface area (Å²) in [6, 6.07) is 6.61. The number of piperidine rings is 1. The van der Waals surface area contributed by atoms with Gasteiger partial charge in [-0.2, -0.15) is 0 Å². The molecule has 1 aliphatic carbocycles. The summed E-state index contributed by atoms with van der Waals surface area (Å²) in [7, 11) is 0. The van der Waals surface area contributed by atoms with Gasteiger partial charge < -0.3 is 15.0 Å². The van der Waals surface area contributed by atoms with E-state index in [0.29, 0.717) is 13.1 Å². The first kappa shape index (κ1) is 20.4. The van der Waals surface area contributed by atoms with Gasteiger partial charge in [-0.1, -0.05) is 30.3 Å². The fraction of sp³-hybridized carbons (Fsp3) is 0.565. The van der Waals surface area contributed by atoms with Crippen molar-refractivity contribution in [2.24, 2.45) is 0 Å². The van der Waals surface area contributed by atoms with Gasteiger partial charge >= 0.3 is 6.09 Å². The van der Waals surface area contributed by atoms with Crippen molar-refractivity contribution in [3.05, 3.63) is 47.2 Å². The van der Waals surface area contributed by atoms with Crippen molar-refractivity contribution >= 4 is 12.0 Å². The molecule has 1 fully saturated rings. The maximum atomic E-state index is 12.4. The number of carbonyl (C=O) groups is 2. The SMILES string of the molecule is C=C(NC(C)=O)C1CC2(CCN(C(=O)OC(C)(C)C)CC2)c2ccc(C)cc21. The molecule has 1 N–H and O–H groups in total. The minimum absolute atomic E-state index is 0.0214. The predicted octanol–water partition coefficient (Wildman–Crippen LogP) is 4.40. The number of nitrogens with zero attached hydrogens (tertiary/aromatic N) is 1. The molecule has 1 atom stereocenters. The Morgan fingerprint density at radius 3 is 2.46 bits per heavy atom.